The van der Waals surface area contributed by atoms with E-state index in [4.69, 9.17) is 0 Å². The Balaban J connectivity index is 2.61. The number of carbonyl (C=O) groups excluding carboxylic acids is 1. The molecule has 0 saturated heterocycles. The summed E-state index contributed by atoms with van der Waals surface area (Å²) in [6.07, 6.45) is 0. The van der Waals surface area contributed by atoms with Crippen LogP contribution >= 0.6 is 11.3 Å². The molecule has 2 aromatic heterocycles. The molecule has 2 rings (SSSR count). The number of rotatable bonds is 3. The molecule has 0 aromatic carbocycles. The lowest BCUT2D eigenvalue weighted by atomic mass is 10.1. The van der Waals surface area contributed by atoms with E-state index in [9.17, 15) is 4.79 Å². The zero-order valence-corrected chi connectivity index (χ0v) is 12.1. The Bertz CT molecular complexity index is 610. The van der Waals surface area contributed by atoms with Gasteiger partial charge in [0.2, 0.25) is 0 Å². The molecule has 0 amide bonds. The van der Waals surface area contributed by atoms with Crippen molar-refractivity contribution in [3.05, 3.63) is 21.7 Å². The van der Waals surface area contributed by atoms with Gasteiger partial charge < -0.3 is 10.3 Å². The molecule has 96 valence electrons. The van der Waals surface area contributed by atoms with Crippen molar-refractivity contribution in [3.8, 4) is 11.4 Å². The molecule has 2 heterocycles. The second-order valence-corrected chi connectivity index (χ2v) is 5.56. The highest BCUT2D eigenvalue weighted by Gasteiger charge is 2.19. The molecule has 0 radical (unpaired) electrons. The number of hydrogen-bond donors (Lipinski definition) is 2. The molecule has 2 aromatic rings. The Labute approximate surface area is 110 Å². The molecule has 0 fully saturated rings. The Morgan fingerprint density at radius 2 is 2.00 bits per heavy atom. The number of hydrogen-bond acceptors (Lipinski definition) is 4. The van der Waals surface area contributed by atoms with Gasteiger partial charge in [-0.1, -0.05) is 0 Å². The minimum absolute atomic E-state index is 0.0919. The summed E-state index contributed by atoms with van der Waals surface area (Å²) in [4.78, 5) is 20.6. The third-order valence-corrected chi connectivity index (χ3v) is 4.03. The number of aryl methyl sites for hydroxylation is 2. The zero-order valence-electron chi connectivity index (χ0n) is 11.3. The molecular weight excluding hydrogens is 246 g/mol. The van der Waals surface area contributed by atoms with Crippen molar-refractivity contribution in [2.75, 3.05) is 12.4 Å². The average Bonchev–Trinajstić information content (AvgIpc) is 2.79. The van der Waals surface area contributed by atoms with E-state index in [1.807, 2.05) is 27.8 Å². The Morgan fingerprint density at radius 3 is 2.44 bits per heavy atom. The smallest absolute Gasteiger partial charge is 0.183 e. The van der Waals surface area contributed by atoms with Crippen molar-refractivity contribution in [2.45, 2.75) is 27.7 Å². The second-order valence-electron chi connectivity index (χ2n) is 4.35. The fourth-order valence-electron chi connectivity index (χ4n) is 2.25. The third-order valence-electron chi connectivity index (χ3n) is 3.04. The standard InChI is InChI=1S/C13H17N3OS/c1-6-10(8(3)17)7(2)15-11(6)12-9(4)18-13(14-5)16-12/h15H,1-5H3,(H,14,16). The molecule has 5 heteroatoms. The van der Waals surface area contributed by atoms with Crippen molar-refractivity contribution < 1.29 is 4.79 Å². The predicted molar refractivity (Wildman–Crippen MR) is 75.7 cm³/mol. The molecule has 18 heavy (non-hydrogen) atoms. The lowest BCUT2D eigenvalue weighted by molar-refractivity contribution is 0.101. The molecule has 0 spiro atoms. The van der Waals surface area contributed by atoms with Crippen LogP contribution < -0.4 is 5.32 Å². The van der Waals surface area contributed by atoms with Gasteiger partial charge in [0.25, 0.3) is 0 Å². The molecule has 0 unspecified atom stereocenters. The monoisotopic (exact) mass is 263 g/mol. The van der Waals surface area contributed by atoms with Gasteiger partial charge in [-0.25, -0.2) is 4.98 Å². The van der Waals surface area contributed by atoms with Crippen LogP contribution in [0.4, 0.5) is 5.13 Å². The van der Waals surface area contributed by atoms with Crippen LogP contribution in [0.1, 0.15) is 33.4 Å². The number of H-pyrrole nitrogens is 1. The quantitative estimate of drug-likeness (QED) is 0.835. The van der Waals surface area contributed by atoms with E-state index in [0.29, 0.717) is 0 Å². The minimum atomic E-state index is 0.0919. The van der Waals surface area contributed by atoms with Gasteiger partial charge in [-0.05, 0) is 33.3 Å². The lowest BCUT2D eigenvalue weighted by Gasteiger charge is -1.98. The number of aromatic nitrogens is 2. The number of carbonyl (C=O) groups is 1. The Hall–Kier alpha value is -1.62. The molecule has 0 bridgehead atoms. The van der Waals surface area contributed by atoms with Gasteiger partial charge in [0.15, 0.2) is 10.9 Å². The summed E-state index contributed by atoms with van der Waals surface area (Å²) in [7, 11) is 1.86. The summed E-state index contributed by atoms with van der Waals surface area (Å²) in [6, 6.07) is 0. The van der Waals surface area contributed by atoms with Gasteiger partial charge in [-0.3, -0.25) is 4.79 Å². The highest BCUT2D eigenvalue weighted by molar-refractivity contribution is 7.15. The SMILES string of the molecule is CNc1nc(-c2[nH]c(C)c(C(C)=O)c2C)c(C)s1. The fourth-order valence-corrected chi connectivity index (χ4v) is 3.02. The van der Waals surface area contributed by atoms with Crippen LogP contribution in [0.25, 0.3) is 11.4 Å². The normalized spacial score (nSPS) is 10.7. The molecule has 0 atom stereocenters. The Morgan fingerprint density at radius 1 is 1.33 bits per heavy atom. The molecule has 0 aliphatic heterocycles. The lowest BCUT2D eigenvalue weighted by Crippen LogP contribution is -1.95. The first kappa shape index (κ1) is 12.8. The van der Waals surface area contributed by atoms with Crippen LogP contribution in [-0.4, -0.2) is 22.8 Å². The Kier molecular flexibility index (Phi) is 3.26. The summed E-state index contributed by atoms with van der Waals surface area (Å²) < 4.78 is 0. The highest BCUT2D eigenvalue weighted by Crippen LogP contribution is 2.33. The van der Waals surface area contributed by atoms with Crippen LogP contribution in [-0.2, 0) is 0 Å². The van der Waals surface area contributed by atoms with Crippen LogP contribution in [0.3, 0.4) is 0 Å². The van der Waals surface area contributed by atoms with Crippen molar-refractivity contribution in [1.82, 2.24) is 9.97 Å². The zero-order chi connectivity index (χ0) is 13.4. The number of thiazole rings is 1. The van der Waals surface area contributed by atoms with Gasteiger partial charge in [0.05, 0.1) is 5.69 Å². The van der Waals surface area contributed by atoms with E-state index in [1.54, 1.807) is 18.3 Å². The molecule has 2 N–H and O–H groups in total. The van der Waals surface area contributed by atoms with E-state index in [-0.39, 0.29) is 5.78 Å². The summed E-state index contributed by atoms with van der Waals surface area (Å²) in [5, 5.41) is 3.94. The molecule has 0 aliphatic carbocycles. The average molecular weight is 263 g/mol. The van der Waals surface area contributed by atoms with Crippen LogP contribution in [0.2, 0.25) is 0 Å². The summed E-state index contributed by atoms with van der Waals surface area (Å²) in [5.74, 6) is 0.0919. The van der Waals surface area contributed by atoms with Crippen LogP contribution in [0.15, 0.2) is 0 Å². The van der Waals surface area contributed by atoms with E-state index in [2.05, 4.69) is 15.3 Å². The van der Waals surface area contributed by atoms with E-state index >= 15 is 0 Å². The number of ketones is 1. The van der Waals surface area contributed by atoms with Crippen LogP contribution in [0.5, 0.6) is 0 Å². The maximum atomic E-state index is 11.6. The molecule has 0 saturated carbocycles. The van der Waals surface area contributed by atoms with Gasteiger partial charge in [-0.15, -0.1) is 11.3 Å². The van der Waals surface area contributed by atoms with Crippen molar-refractivity contribution in [3.63, 3.8) is 0 Å². The molecule has 4 nitrogen and oxygen atoms in total. The van der Waals surface area contributed by atoms with Crippen molar-refractivity contribution in [2.24, 2.45) is 0 Å². The van der Waals surface area contributed by atoms with Gasteiger partial charge in [0, 0.05) is 23.2 Å². The van der Waals surface area contributed by atoms with Gasteiger partial charge >= 0.3 is 0 Å². The maximum absolute atomic E-state index is 11.6. The van der Waals surface area contributed by atoms with Crippen molar-refractivity contribution in [1.29, 1.82) is 0 Å². The molecular formula is C13H17N3OS. The maximum Gasteiger partial charge on any atom is 0.183 e. The largest absolute Gasteiger partial charge is 0.365 e. The first-order chi connectivity index (χ1) is 8.45. The van der Waals surface area contributed by atoms with Gasteiger partial charge in [-0.2, -0.15) is 0 Å². The summed E-state index contributed by atoms with van der Waals surface area (Å²) >= 11 is 1.61. The van der Waals surface area contributed by atoms with Gasteiger partial charge in [0.1, 0.15) is 5.69 Å². The number of anilines is 1. The summed E-state index contributed by atoms with van der Waals surface area (Å²) in [5.41, 5.74) is 4.55. The van der Waals surface area contributed by atoms with E-state index < -0.39 is 0 Å². The minimum Gasteiger partial charge on any atom is -0.365 e. The first-order valence-corrected chi connectivity index (χ1v) is 6.63. The van der Waals surface area contributed by atoms with Crippen LogP contribution in [0, 0.1) is 20.8 Å². The topological polar surface area (TPSA) is 57.8 Å². The number of Topliss-reactive ketones (excluding diaryl/α,β-unsaturated/α-hetero) is 1. The summed E-state index contributed by atoms with van der Waals surface area (Å²) in [6.45, 7) is 7.53. The third kappa shape index (κ3) is 1.95. The highest BCUT2D eigenvalue weighted by atomic mass is 32.1. The van der Waals surface area contributed by atoms with E-state index in [1.165, 1.54) is 0 Å². The molecule has 0 aliphatic rings. The number of nitrogens with zero attached hydrogens (tertiary/aromatic N) is 1. The van der Waals surface area contributed by atoms with Crippen molar-refractivity contribution >= 4 is 22.3 Å². The number of aromatic amines is 1. The van der Waals surface area contributed by atoms with E-state index in [0.717, 1.165) is 38.2 Å². The first-order valence-electron chi connectivity index (χ1n) is 5.81. The number of nitrogens with one attached hydrogen (secondary N) is 2. The second kappa shape index (κ2) is 4.57. The fraction of sp³-hybridized carbons (Fsp3) is 0.385. The predicted octanol–water partition coefficient (Wildman–Crippen LogP) is 3.31.